The first-order valence-corrected chi connectivity index (χ1v) is 14.1. The van der Waals surface area contributed by atoms with Crippen molar-refractivity contribution in [2.45, 2.75) is 89.6 Å². The minimum Gasteiger partial charge on any atom is -0.469 e. The molecule has 5 nitrogen and oxygen atoms in total. The van der Waals surface area contributed by atoms with Gasteiger partial charge in [-0.3, -0.25) is 9.59 Å². The molecule has 0 aliphatic heterocycles. The summed E-state index contributed by atoms with van der Waals surface area (Å²) >= 11 is 6.71. The molecule has 2 rings (SSSR count). The molecule has 7 heteroatoms. The standard InChI is InChI=1S/C23H37ClO5Si/c1-9-11-16(29-30(7,8)22(3,4)5)17-18-15(25)12-10-13-23(18,21(27)28-6)14(2)19(24)20(17)26/h14,16-20,26H,10,12-13H2,1-8H3/t14-,16+,17+,18-,19+,20+,23-/m1/s1. The van der Waals surface area contributed by atoms with E-state index in [0.29, 0.717) is 19.3 Å². The first kappa shape index (κ1) is 25.4. The minimum atomic E-state index is -2.28. The van der Waals surface area contributed by atoms with Crippen LogP contribution in [-0.2, 0) is 18.8 Å². The van der Waals surface area contributed by atoms with Crippen LogP contribution in [-0.4, -0.2) is 49.9 Å². The van der Waals surface area contributed by atoms with Crippen molar-refractivity contribution < 1.29 is 23.9 Å². The van der Waals surface area contributed by atoms with E-state index in [-0.39, 0.29) is 10.8 Å². The van der Waals surface area contributed by atoms with E-state index < -0.39 is 55.0 Å². The van der Waals surface area contributed by atoms with Gasteiger partial charge in [-0.05, 0) is 43.8 Å². The molecule has 0 saturated heterocycles. The Morgan fingerprint density at radius 2 is 1.97 bits per heavy atom. The first-order valence-electron chi connectivity index (χ1n) is 10.8. The van der Waals surface area contributed by atoms with Gasteiger partial charge in [-0.1, -0.05) is 33.6 Å². The smallest absolute Gasteiger partial charge is 0.312 e. The van der Waals surface area contributed by atoms with E-state index in [9.17, 15) is 14.7 Å². The van der Waals surface area contributed by atoms with Crippen molar-refractivity contribution in [1.29, 1.82) is 0 Å². The topological polar surface area (TPSA) is 72.8 Å². The molecule has 7 atom stereocenters. The minimum absolute atomic E-state index is 0.0344. The molecule has 2 saturated carbocycles. The van der Waals surface area contributed by atoms with Gasteiger partial charge in [-0.2, -0.15) is 0 Å². The van der Waals surface area contributed by atoms with Crippen LogP contribution in [0.15, 0.2) is 0 Å². The fraction of sp³-hybridized carbons (Fsp3) is 0.826. The van der Waals surface area contributed by atoms with Crippen molar-refractivity contribution in [3.8, 4) is 11.8 Å². The summed E-state index contributed by atoms with van der Waals surface area (Å²) in [6, 6.07) is 0. The Balaban J connectivity index is 2.65. The number of ether oxygens (including phenoxy) is 1. The second-order valence-corrected chi connectivity index (χ2v) is 15.6. The van der Waals surface area contributed by atoms with Gasteiger partial charge < -0.3 is 14.3 Å². The summed E-state index contributed by atoms with van der Waals surface area (Å²) in [5.41, 5.74) is -1.06. The fourth-order valence-corrected chi connectivity index (χ4v) is 6.61. The number of ketones is 1. The molecular formula is C23H37ClO5Si. The van der Waals surface area contributed by atoms with Crippen LogP contribution in [0.5, 0.6) is 0 Å². The van der Waals surface area contributed by atoms with E-state index in [4.69, 9.17) is 20.8 Å². The van der Waals surface area contributed by atoms with Gasteiger partial charge in [0.15, 0.2) is 8.32 Å². The van der Waals surface area contributed by atoms with Gasteiger partial charge in [0.25, 0.3) is 0 Å². The van der Waals surface area contributed by atoms with Crippen LogP contribution in [0.4, 0.5) is 0 Å². The van der Waals surface area contributed by atoms with Gasteiger partial charge in [0, 0.05) is 18.3 Å². The Morgan fingerprint density at radius 1 is 1.37 bits per heavy atom. The van der Waals surface area contributed by atoms with Crippen LogP contribution in [0.25, 0.3) is 0 Å². The summed E-state index contributed by atoms with van der Waals surface area (Å²) in [7, 11) is -0.934. The SMILES string of the molecule is CC#C[C@H](O[Si](C)(C)C(C)(C)C)[C@@H]1[C@H](O)[C@@H](Cl)[C@@H](C)[C@]2(C(=O)OC)CCCC(=O)[C@H]12. The molecule has 0 spiro atoms. The second-order valence-electron chi connectivity index (χ2n) is 10.3. The highest BCUT2D eigenvalue weighted by Gasteiger charge is 2.66. The Kier molecular flexibility index (Phi) is 7.56. The number of esters is 1. The first-order chi connectivity index (χ1) is 13.8. The number of aliphatic hydroxyl groups excluding tert-OH is 1. The summed E-state index contributed by atoms with van der Waals surface area (Å²) in [4.78, 5) is 26.4. The van der Waals surface area contributed by atoms with Crippen LogP contribution in [0, 0.1) is 35.0 Å². The van der Waals surface area contributed by atoms with E-state index in [2.05, 4.69) is 45.7 Å². The van der Waals surface area contributed by atoms with Crippen LogP contribution in [0.2, 0.25) is 18.1 Å². The van der Waals surface area contributed by atoms with Gasteiger partial charge in [0.1, 0.15) is 11.9 Å². The lowest BCUT2D eigenvalue weighted by Crippen LogP contribution is -2.66. The van der Waals surface area contributed by atoms with Gasteiger partial charge >= 0.3 is 5.97 Å². The molecule has 0 aromatic heterocycles. The molecule has 1 N–H and O–H groups in total. The van der Waals surface area contributed by atoms with Crippen molar-refractivity contribution in [2.75, 3.05) is 7.11 Å². The third-order valence-electron chi connectivity index (χ3n) is 7.74. The van der Waals surface area contributed by atoms with Crippen molar-refractivity contribution in [3.63, 3.8) is 0 Å². The zero-order valence-corrected chi connectivity index (χ0v) is 21.3. The van der Waals surface area contributed by atoms with E-state index in [1.165, 1.54) is 7.11 Å². The molecular weight excluding hydrogens is 420 g/mol. The van der Waals surface area contributed by atoms with Crippen molar-refractivity contribution in [1.82, 2.24) is 0 Å². The van der Waals surface area contributed by atoms with Crippen LogP contribution < -0.4 is 0 Å². The average molecular weight is 457 g/mol. The normalized spacial score (nSPS) is 35.7. The van der Waals surface area contributed by atoms with Crippen molar-refractivity contribution in [2.24, 2.45) is 23.2 Å². The molecule has 0 aromatic rings. The number of hydrogen-bond donors (Lipinski definition) is 1. The average Bonchev–Trinajstić information content (AvgIpc) is 2.65. The number of carbonyl (C=O) groups is 2. The second kappa shape index (κ2) is 8.94. The summed E-state index contributed by atoms with van der Waals surface area (Å²) in [5, 5.41) is 10.5. The van der Waals surface area contributed by atoms with E-state index in [1.54, 1.807) is 6.92 Å². The lowest BCUT2D eigenvalue weighted by atomic mass is 9.49. The molecule has 2 fully saturated rings. The molecule has 30 heavy (non-hydrogen) atoms. The Labute approximate surface area is 187 Å². The van der Waals surface area contributed by atoms with Gasteiger partial charge in [0.2, 0.25) is 0 Å². The number of Topliss-reactive ketones (excluding diaryl/α,β-unsaturated/α-hetero) is 1. The number of aliphatic hydroxyl groups is 1. The molecule has 0 unspecified atom stereocenters. The highest BCUT2D eigenvalue weighted by atomic mass is 35.5. The lowest BCUT2D eigenvalue weighted by Gasteiger charge is -2.56. The van der Waals surface area contributed by atoms with Gasteiger partial charge in [-0.15, -0.1) is 17.5 Å². The van der Waals surface area contributed by atoms with Crippen molar-refractivity contribution >= 4 is 31.7 Å². The number of rotatable bonds is 4. The highest BCUT2D eigenvalue weighted by Crippen LogP contribution is 2.57. The molecule has 170 valence electrons. The monoisotopic (exact) mass is 456 g/mol. The number of hydrogen-bond acceptors (Lipinski definition) is 5. The maximum absolute atomic E-state index is 13.3. The molecule has 2 aliphatic carbocycles. The van der Waals surface area contributed by atoms with Gasteiger partial charge in [-0.25, -0.2) is 0 Å². The number of carbonyl (C=O) groups excluding carboxylic acids is 2. The third-order valence-corrected chi connectivity index (χ3v) is 12.8. The van der Waals surface area contributed by atoms with E-state index >= 15 is 0 Å². The summed E-state index contributed by atoms with van der Waals surface area (Å²) in [5.74, 6) is 3.75. The van der Waals surface area contributed by atoms with Gasteiger partial charge in [0.05, 0.1) is 24.0 Å². The molecule has 0 radical (unpaired) electrons. The number of methoxy groups -OCH3 is 1. The summed E-state index contributed by atoms with van der Waals surface area (Å²) in [6.45, 7) is 14.2. The predicted molar refractivity (Wildman–Crippen MR) is 121 cm³/mol. The Hall–Kier alpha value is -0.873. The summed E-state index contributed by atoms with van der Waals surface area (Å²) in [6.07, 6.45) is -0.207. The van der Waals surface area contributed by atoms with Crippen molar-refractivity contribution in [3.05, 3.63) is 0 Å². The quantitative estimate of drug-likeness (QED) is 0.297. The maximum atomic E-state index is 13.3. The molecule has 2 aliphatic rings. The molecule has 0 bridgehead atoms. The Morgan fingerprint density at radius 3 is 2.47 bits per heavy atom. The predicted octanol–water partition coefficient (Wildman–Crippen LogP) is 4.16. The van der Waals surface area contributed by atoms with E-state index in [1.807, 2.05) is 6.92 Å². The fourth-order valence-electron chi connectivity index (χ4n) is 5.01. The van der Waals surface area contributed by atoms with Crippen LogP contribution in [0.1, 0.15) is 53.9 Å². The largest absolute Gasteiger partial charge is 0.469 e. The van der Waals surface area contributed by atoms with E-state index in [0.717, 1.165) is 0 Å². The van der Waals surface area contributed by atoms with Crippen LogP contribution >= 0.6 is 11.6 Å². The highest BCUT2D eigenvalue weighted by molar-refractivity contribution is 6.74. The number of fused-ring (bicyclic) bond motifs is 1. The summed E-state index contributed by atoms with van der Waals surface area (Å²) < 4.78 is 11.8. The zero-order valence-electron chi connectivity index (χ0n) is 19.5. The third kappa shape index (κ3) is 4.11. The zero-order chi connectivity index (χ0) is 23.1. The molecule has 0 amide bonds. The Bertz CT molecular complexity index is 734. The maximum Gasteiger partial charge on any atom is 0.312 e. The number of alkyl halides is 1. The number of halogens is 1. The molecule has 0 aromatic carbocycles. The lowest BCUT2D eigenvalue weighted by molar-refractivity contribution is -0.186. The molecule has 0 heterocycles. The van der Waals surface area contributed by atoms with Crippen LogP contribution in [0.3, 0.4) is 0 Å².